The molecule has 0 aromatic carbocycles. The van der Waals surface area contributed by atoms with Crippen LogP contribution in [0.3, 0.4) is 0 Å². The van der Waals surface area contributed by atoms with Gasteiger partial charge in [0.1, 0.15) is 10.7 Å². The number of halogens is 1. The average Bonchev–Trinajstić information content (AvgIpc) is 2.50. The highest BCUT2D eigenvalue weighted by molar-refractivity contribution is 14.1. The van der Waals surface area contributed by atoms with Crippen molar-refractivity contribution < 1.29 is 23.8 Å². The number of carbonyl (C=O) groups is 2. The van der Waals surface area contributed by atoms with E-state index in [2.05, 4.69) is 33.2 Å². The van der Waals surface area contributed by atoms with Gasteiger partial charge in [0.25, 0.3) is 0 Å². The molecule has 7 nitrogen and oxygen atoms in total. The fourth-order valence-electron chi connectivity index (χ4n) is 1.42. The third kappa shape index (κ3) is 16.2. The van der Waals surface area contributed by atoms with Crippen molar-refractivity contribution in [2.75, 3.05) is 46.1 Å². The number of hydrogen-bond donors (Lipinski definition) is 2. The lowest BCUT2D eigenvalue weighted by Crippen LogP contribution is -2.31. The van der Waals surface area contributed by atoms with Gasteiger partial charge in [-0.3, -0.25) is 9.59 Å². The van der Waals surface area contributed by atoms with E-state index in [1.54, 1.807) is 0 Å². The van der Waals surface area contributed by atoms with E-state index in [4.69, 9.17) is 14.2 Å². The molecule has 2 amide bonds. The molecule has 0 saturated heterocycles. The third-order valence-electron chi connectivity index (χ3n) is 2.67. The summed E-state index contributed by atoms with van der Waals surface area (Å²) in [7, 11) is 0. The second-order valence-electron chi connectivity index (χ2n) is 5.23. The standard InChI is InChI=1S/C15H29IN2O5/c1-12(2)15(20)18-5-4-7-21-9-10-22-8-6-17-14(19)11-23-13(3)16/h12-13H,4-11H2,1-3H3,(H,17,19)(H,18,20). The lowest BCUT2D eigenvalue weighted by Gasteiger charge is -2.09. The van der Waals surface area contributed by atoms with Crippen LogP contribution >= 0.6 is 22.6 Å². The summed E-state index contributed by atoms with van der Waals surface area (Å²) in [6.45, 7) is 8.77. The molecule has 1 unspecified atom stereocenters. The molecule has 0 aliphatic rings. The molecule has 0 aromatic rings. The molecule has 0 fully saturated rings. The van der Waals surface area contributed by atoms with Gasteiger partial charge in [-0.15, -0.1) is 0 Å². The summed E-state index contributed by atoms with van der Waals surface area (Å²) < 4.78 is 15.9. The number of rotatable bonds is 14. The van der Waals surface area contributed by atoms with Gasteiger partial charge < -0.3 is 24.8 Å². The van der Waals surface area contributed by atoms with Crippen molar-refractivity contribution in [1.82, 2.24) is 10.6 Å². The second kappa shape index (κ2) is 15.1. The lowest BCUT2D eigenvalue weighted by atomic mass is 10.2. The fourth-order valence-corrected chi connectivity index (χ4v) is 1.60. The first kappa shape index (κ1) is 22.6. The zero-order chi connectivity index (χ0) is 17.5. The van der Waals surface area contributed by atoms with Crippen LogP contribution in [0.1, 0.15) is 27.2 Å². The van der Waals surface area contributed by atoms with Crippen molar-refractivity contribution in [2.45, 2.75) is 31.3 Å². The predicted molar refractivity (Wildman–Crippen MR) is 96.5 cm³/mol. The van der Waals surface area contributed by atoms with E-state index in [1.165, 1.54) is 0 Å². The van der Waals surface area contributed by atoms with E-state index in [0.717, 1.165) is 6.42 Å². The lowest BCUT2D eigenvalue weighted by molar-refractivity contribution is -0.126. The molecule has 0 aromatic heterocycles. The number of carbonyl (C=O) groups excluding carboxylic acids is 2. The molecule has 1 atom stereocenters. The van der Waals surface area contributed by atoms with Gasteiger partial charge in [0.2, 0.25) is 11.8 Å². The average molecular weight is 444 g/mol. The van der Waals surface area contributed by atoms with Crippen LogP contribution in [-0.4, -0.2) is 62.0 Å². The summed E-state index contributed by atoms with van der Waals surface area (Å²) in [5, 5.41) is 5.53. The summed E-state index contributed by atoms with van der Waals surface area (Å²) in [5.74, 6) is -0.0631. The van der Waals surface area contributed by atoms with E-state index >= 15 is 0 Å². The number of amides is 2. The van der Waals surface area contributed by atoms with Gasteiger partial charge in [-0.1, -0.05) is 36.4 Å². The molecule has 0 aliphatic carbocycles. The van der Waals surface area contributed by atoms with Crippen LogP contribution in [0, 0.1) is 5.92 Å². The maximum absolute atomic E-state index is 11.3. The van der Waals surface area contributed by atoms with Gasteiger partial charge in [-0.25, -0.2) is 0 Å². The van der Waals surface area contributed by atoms with Crippen LogP contribution < -0.4 is 10.6 Å². The summed E-state index contributed by atoms with van der Waals surface area (Å²) in [6, 6.07) is 0. The minimum absolute atomic E-state index is 0.0151. The number of ether oxygens (including phenoxy) is 3. The Hall–Kier alpha value is -0.450. The molecule has 23 heavy (non-hydrogen) atoms. The summed E-state index contributed by atoms with van der Waals surface area (Å²) in [5.41, 5.74) is 0. The molecule has 0 rings (SSSR count). The van der Waals surface area contributed by atoms with Gasteiger partial charge in [0.05, 0.1) is 19.8 Å². The summed E-state index contributed by atoms with van der Waals surface area (Å²) in [4.78, 5) is 22.6. The van der Waals surface area contributed by atoms with Crippen LogP contribution in [0.2, 0.25) is 0 Å². The summed E-state index contributed by atoms with van der Waals surface area (Å²) >= 11 is 2.09. The van der Waals surface area contributed by atoms with Crippen LogP contribution in [0.15, 0.2) is 0 Å². The highest BCUT2D eigenvalue weighted by Crippen LogP contribution is 1.98. The summed E-state index contributed by atoms with van der Waals surface area (Å²) in [6.07, 6.45) is 0.781. The van der Waals surface area contributed by atoms with Crippen molar-refractivity contribution in [3.63, 3.8) is 0 Å². The molecule has 0 bridgehead atoms. The van der Waals surface area contributed by atoms with Gasteiger partial charge in [0.15, 0.2) is 0 Å². The second-order valence-corrected chi connectivity index (χ2v) is 6.98. The fraction of sp³-hybridized carbons (Fsp3) is 0.867. The van der Waals surface area contributed by atoms with Crippen molar-refractivity contribution in [3.05, 3.63) is 0 Å². The van der Waals surface area contributed by atoms with Gasteiger partial charge in [0, 0.05) is 25.6 Å². The topological polar surface area (TPSA) is 85.9 Å². The molecule has 0 heterocycles. The van der Waals surface area contributed by atoms with Crippen molar-refractivity contribution in [1.29, 1.82) is 0 Å². The van der Waals surface area contributed by atoms with Crippen molar-refractivity contribution in [3.8, 4) is 0 Å². The highest BCUT2D eigenvalue weighted by Gasteiger charge is 2.04. The number of nitrogens with one attached hydrogen (secondary N) is 2. The van der Waals surface area contributed by atoms with Crippen LogP contribution in [0.25, 0.3) is 0 Å². The maximum Gasteiger partial charge on any atom is 0.246 e. The molecule has 0 saturated carbocycles. The van der Waals surface area contributed by atoms with Gasteiger partial charge >= 0.3 is 0 Å². The van der Waals surface area contributed by atoms with Crippen LogP contribution in [0.4, 0.5) is 0 Å². The molecule has 2 N–H and O–H groups in total. The predicted octanol–water partition coefficient (Wildman–Crippen LogP) is 1.10. The Morgan fingerprint density at radius 1 is 0.957 bits per heavy atom. The first-order valence-corrected chi connectivity index (χ1v) is 9.13. The largest absolute Gasteiger partial charge is 0.379 e. The Kier molecular flexibility index (Phi) is 14.8. The molecule has 0 spiro atoms. The van der Waals surface area contributed by atoms with E-state index in [9.17, 15) is 9.59 Å². The number of hydrogen-bond acceptors (Lipinski definition) is 5. The van der Waals surface area contributed by atoms with Crippen LogP contribution in [0.5, 0.6) is 0 Å². The minimum Gasteiger partial charge on any atom is -0.379 e. The highest BCUT2D eigenvalue weighted by atomic mass is 127. The SMILES string of the molecule is CC(I)OCC(=O)NCCOCCOCCCNC(=O)C(C)C. The molecule has 8 heteroatoms. The molecule has 136 valence electrons. The van der Waals surface area contributed by atoms with E-state index < -0.39 is 0 Å². The van der Waals surface area contributed by atoms with E-state index in [0.29, 0.717) is 39.5 Å². The van der Waals surface area contributed by atoms with Crippen molar-refractivity contribution >= 4 is 34.4 Å². The Morgan fingerprint density at radius 3 is 2.22 bits per heavy atom. The monoisotopic (exact) mass is 444 g/mol. The molecular formula is C15H29IN2O5. The van der Waals surface area contributed by atoms with E-state index in [-0.39, 0.29) is 28.4 Å². The quantitative estimate of drug-likeness (QED) is 0.238. The van der Waals surface area contributed by atoms with E-state index in [1.807, 2.05) is 20.8 Å². The zero-order valence-electron chi connectivity index (χ0n) is 14.2. The zero-order valence-corrected chi connectivity index (χ0v) is 16.4. The van der Waals surface area contributed by atoms with Crippen molar-refractivity contribution in [2.24, 2.45) is 5.92 Å². The molecule has 0 aliphatic heterocycles. The Balaban J connectivity index is 3.22. The normalized spacial score (nSPS) is 12.2. The Labute approximate surface area is 152 Å². The first-order chi connectivity index (χ1) is 10.9. The van der Waals surface area contributed by atoms with Crippen LogP contribution in [-0.2, 0) is 23.8 Å². The molecular weight excluding hydrogens is 415 g/mol. The smallest absolute Gasteiger partial charge is 0.246 e. The number of alkyl halides is 1. The third-order valence-corrected chi connectivity index (χ3v) is 3.03. The molecule has 0 radical (unpaired) electrons. The minimum atomic E-state index is -0.142. The first-order valence-electron chi connectivity index (χ1n) is 7.89. The maximum atomic E-state index is 11.3. The Bertz CT molecular complexity index is 327. The van der Waals surface area contributed by atoms with Gasteiger partial charge in [-0.05, 0) is 13.3 Å². The van der Waals surface area contributed by atoms with Gasteiger partial charge in [-0.2, -0.15) is 0 Å². The Morgan fingerprint density at radius 2 is 1.61 bits per heavy atom.